The van der Waals surface area contributed by atoms with E-state index < -0.39 is 0 Å². The summed E-state index contributed by atoms with van der Waals surface area (Å²) >= 11 is 0. The topological polar surface area (TPSA) is 28.4 Å². The first-order valence-electron chi connectivity index (χ1n) is 6.47. The number of phenolic OH excluding ortho intramolecular Hbond substituents is 1. The Kier molecular flexibility index (Phi) is 5.27. The van der Waals surface area contributed by atoms with E-state index in [1.165, 1.54) is 5.56 Å². The van der Waals surface area contributed by atoms with Crippen LogP contribution in [0.25, 0.3) is 10.9 Å². The molecule has 1 aromatic carbocycles. The zero-order valence-corrected chi connectivity index (χ0v) is 12.9. The summed E-state index contributed by atoms with van der Waals surface area (Å²) in [5, 5.41) is 11.0. The number of aryl methyl sites for hydroxylation is 1. The van der Waals surface area contributed by atoms with Crippen molar-refractivity contribution < 1.29 is 5.11 Å². The Bertz CT molecular complexity index is 548. The van der Waals surface area contributed by atoms with E-state index in [2.05, 4.69) is 36.6 Å². The van der Waals surface area contributed by atoms with E-state index in [0.717, 1.165) is 23.9 Å². The van der Waals surface area contributed by atoms with Crippen molar-refractivity contribution in [2.75, 3.05) is 13.6 Å². The third-order valence-corrected chi connectivity index (χ3v) is 3.69. The molecule has 0 radical (unpaired) electrons. The van der Waals surface area contributed by atoms with Crippen LogP contribution in [0, 0.1) is 0 Å². The first-order valence-corrected chi connectivity index (χ1v) is 6.47. The normalized spacial score (nSPS) is 11.3. The molecular weight excluding hydrogens is 260 g/mol. The Hall–Kier alpha value is -1.19. The van der Waals surface area contributed by atoms with Crippen LogP contribution in [0.4, 0.5) is 0 Å². The number of hydrogen-bond donors (Lipinski definition) is 1. The molecule has 3 nitrogen and oxygen atoms in total. The molecule has 106 valence electrons. The van der Waals surface area contributed by atoms with Gasteiger partial charge in [-0.05, 0) is 45.0 Å². The number of aromatic nitrogens is 1. The quantitative estimate of drug-likeness (QED) is 0.933. The number of aromatic hydroxyl groups is 1. The summed E-state index contributed by atoms with van der Waals surface area (Å²) in [6, 6.07) is 6.25. The maximum absolute atomic E-state index is 10.0. The summed E-state index contributed by atoms with van der Waals surface area (Å²) in [5.41, 5.74) is 2.32. The molecule has 19 heavy (non-hydrogen) atoms. The number of phenols is 1. The Balaban J connectivity index is 0.00000180. The first kappa shape index (κ1) is 15.9. The molecular formula is C15H23ClN2O. The molecule has 0 saturated heterocycles. The zero-order chi connectivity index (χ0) is 13.3. The first-order chi connectivity index (χ1) is 8.50. The number of likely N-dealkylation sites (N-methyl/N-ethyl adjacent to an activating group) is 1. The molecule has 0 aliphatic heterocycles. The number of benzene rings is 1. The highest BCUT2D eigenvalue weighted by molar-refractivity contribution is 5.89. The largest absolute Gasteiger partial charge is 0.507 e. The average molecular weight is 283 g/mol. The second kappa shape index (κ2) is 6.31. The molecule has 1 aromatic heterocycles. The van der Waals surface area contributed by atoms with Gasteiger partial charge in [0.15, 0.2) is 0 Å². The van der Waals surface area contributed by atoms with E-state index in [9.17, 15) is 5.11 Å². The van der Waals surface area contributed by atoms with Gasteiger partial charge < -0.3 is 14.6 Å². The molecule has 0 aliphatic rings. The van der Waals surface area contributed by atoms with Crippen molar-refractivity contribution in [1.82, 2.24) is 9.47 Å². The van der Waals surface area contributed by atoms with Gasteiger partial charge in [0.25, 0.3) is 0 Å². The van der Waals surface area contributed by atoms with Crippen molar-refractivity contribution in [3.8, 4) is 5.75 Å². The lowest BCUT2D eigenvalue weighted by molar-refractivity contribution is 0.277. The number of fused-ring (bicyclic) bond motifs is 1. The molecule has 2 rings (SSSR count). The lowest BCUT2D eigenvalue weighted by Gasteiger charge is -2.20. The highest BCUT2D eigenvalue weighted by Crippen LogP contribution is 2.29. The van der Waals surface area contributed by atoms with Crippen LogP contribution in [-0.4, -0.2) is 34.2 Å². The third kappa shape index (κ3) is 3.23. The molecule has 0 saturated carbocycles. The summed E-state index contributed by atoms with van der Waals surface area (Å²) in [5.74, 6) is 0.385. The molecule has 2 aromatic rings. The molecule has 4 heteroatoms. The SMILES string of the molecule is CC(C)N(C)CCc1cn(C)c2cccc(O)c12.Cl. The van der Waals surface area contributed by atoms with E-state index in [4.69, 9.17) is 0 Å². The summed E-state index contributed by atoms with van der Waals surface area (Å²) in [7, 11) is 4.16. The predicted octanol–water partition coefficient (Wildman–Crippen LogP) is 3.19. The van der Waals surface area contributed by atoms with Gasteiger partial charge in [0.2, 0.25) is 0 Å². The van der Waals surface area contributed by atoms with Crippen LogP contribution in [0.15, 0.2) is 24.4 Å². The van der Waals surface area contributed by atoms with Gasteiger partial charge in [-0.25, -0.2) is 0 Å². The van der Waals surface area contributed by atoms with E-state index in [0.29, 0.717) is 11.8 Å². The van der Waals surface area contributed by atoms with E-state index in [-0.39, 0.29) is 12.4 Å². The van der Waals surface area contributed by atoms with Crippen LogP contribution in [0.3, 0.4) is 0 Å². The summed E-state index contributed by atoms with van der Waals surface area (Å²) in [6.45, 7) is 5.40. The fourth-order valence-electron chi connectivity index (χ4n) is 2.26. The van der Waals surface area contributed by atoms with Crippen LogP contribution in [-0.2, 0) is 13.5 Å². The highest BCUT2D eigenvalue weighted by Gasteiger charge is 2.11. The van der Waals surface area contributed by atoms with Gasteiger partial charge in [-0.1, -0.05) is 6.07 Å². The van der Waals surface area contributed by atoms with Crippen molar-refractivity contribution in [2.24, 2.45) is 7.05 Å². The van der Waals surface area contributed by atoms with Gasteiger partial charge in [0.05, 0.1) is 5.52 Å². The molecule has 0 atom stereocenters. The summed E-state index contributed by atoms with van der Waals surface area (Å²) in [6.07, 6.45) is 3.09. The smallest absolute Gasteiger partial charge is 0.125 e. The molecule has 0 amide bonds. The van der Waals surface area contributed by atoms with Gasteiger partial charge in [0, 0.05) is 31.2 Å². The maximum atomic E-state index is 10.0. The van der Waals surface area contributed by atoms with E-state index in [1.807, 2.05) is 19.2 Å². The Morgan fingerprint density at radius 2 is 2.00 bits per heavy atom. The number of halogens is 1. The minimum absolute atomic E-state index is 0. The van der Waals surface area contributed by atoms with Crippen LogP contribution < -0.4 is 0 Å². The minimum Gasteiger partial charge on any atom is -0.507 e. The van der Waals surface area contributed by atoms with Gasteiger partial charge in [-0.15, -0.1) is 12.4 Å². The lowest BCUT2D eigenvalue weighted by atomic mass is 10.1. The minimum atomic E-state index is 0. The fraction of sp³-hybridized carbons (Fsp3) is 0.467. The van der Waals surface area contributed by atoms with Crippen molar-refractivity contribution >= 4 is 23.3 Å². The second-order valence-electron chi connectivity index (χ2n) is 5.26. The number of hydrogen-bond acceptors (Lipinski definition) is 2. The second-order valence-corrected chi connectivity index (χ2v) is 5.26. The van der Waals surface area contributed by atoms with Crippen molar-refractivity contribution in [1.29, 1.82) is 0 Å². The van der Waals surface area contributed by atoms with E-state index in [1.54, 1.807) is 6.07 Å². The Morgan fingerprint density at radius 3 is 2.63 bits per heavy atom. The van der Waals surface area contributed by atoms with Gasteiger partial charge in [0.1, 0.15) is 5.75 Å². The number of nitrogens with zero attached hydrogens (tertiary/aromatic N) is 2. The fourth-order valence-corrected chi connectivity index (χ4v) is 2.26. The van der Waals surface area contributed by atoms with E-state index >= 15 is 0 Å². The van der Waals surface area contributed by atoms with Crippen molar-refractivity contribution in [2.45, 2.75) is 26.3 Å². The molecule has 1 heterocycles. The zero-order valence-electron chi connectivity index (χ0n) is 12.1. The summed E-state index contributed by atoms with van der Waals surface area (Å²) < 4.78 is 2.08. The van der Waals surface area contributed by atoms with Gasteiger partial charge >= 0.3 is 0 Å². The Morgan fingerprint density at radius 1 is 1.32 bits per heavy atom. The van der Waals surface area contributed by atoms with Gasteiger partial charge in [-0.3, -0.25) is 0 Å². The molecule has 0 aliphatic carbocycles. The number of rotatable bonds is 4. The summed E-state index contributed by atoms with van der Waals surface area (Å²) in [4.78, 5) is 2.32. The van der Waals surface area contributed by atoms with Crippen LogP contribution in [0.5, 0.6) is 5.75 Å². The van der Waals surface area contributed by atoms with Crippen LogP contribution in [0.2, 0.25) is 0 Å². The molecule has 0 bridgehead atoms. The van der Waals surface area contributed by atoms with Crippen molar-refractivity contribution in [3.63, 3.8) is 0 Å². The van der Waals surface area contributed by atoms with Gasteiger partial charge in [-0.2, -0.15) is 0 Å². The highest BCUT2D eigenvalue weighted by atomic mass is 35.5. The van der Waals surface area contributed by atoms with Crippen LogP contribution >= 0.6 is 12.4 Å². The maximum Gasteiger partial charge on any atom is 0.125 e. The average Bonchev–Trinajstić information content (AvgIpc) is 2.65. The molecule has 0 unspecified atom stereocenters. The Labute approximate surface area is 121 Å². The monoisotopic (exact) mass is 282 g/mol. The third-order valence-electron chi connectivity index (χ3n) is 3.69. The lowest BCUT2D eigenvalue weighted by Crippen LogP contribution is -2.28. The molecule has 0 fully saturated rings. The predicted molar refractivity (Wildman–Crippen MR) is 83.3 cm³/mol. The van der Waals surface area contributed by atoms with Crippen LogP contribution in [0.1, 0.15) is 19.4 Å². The molecule has 0 spiro atoms. The van der Waals surface area contributed by atoms with Crippen molar-refractivity contribution in [3.05, 3.63) is 30.0 Å². The standard InChI is InChI=1S/C15H22N2O.ClH/c1-11(2)16(3)9-8-12-10-17(4)13-6-5-7-14(18)15(12)13;/h5-7,10-11,18H,8-9H2,1-4H3;1H. The molecule has 1 N–H and O–H groups in total.